The van der Waals surface area contributed by atoms with E-state index in [1.54, 1.807) is 13.8 Å². The Balaban J connectivity index is 2.28. The molecule has 0 aromatic rings. The predicted molar refractivity (Wildman–Crippen MR) is 61.8 cm³/mol. The minimum absolute atomic E-state index is 0.537. The van der Waals surface area contributed by atoms with Crippen molar-refractivity contribution in [3.63, 3.8) is 0 Å². The van der Waals surface area contributed by atoms with E-state index in [1.165, 1.54) is 12.8 Å². The minimum Gasteiger partial charge on any atom is -0.389 e. The first-order valence-electron chi connectivity index (χ1n) is 6.07. The van der Waals surface area contributed by atoms with Gasteiger partial charge in [0.05, 0.1) is 11.2 Å². The SMILES string of the molecule is CC(C)(O)CNCC1(O)CCCCCC1. The van der Waals surface area contributed by atoms with Crippen LogP contribution in [0.2, 0.25) is 0 Å². The summed E-state index contributed by atoms with van der Waals surface area (Å²) in [6.07, 6.45) is 6.53. The van der Waals surface area contributed by atoms with Crippen LogP contribution in [0.1, 0.15) is 52.4 Å². The van der Waals surface area contributed by atoms with Crippen LogP contribution < -0.4 is 5.32 Å². The number of rotatable bonds is 4. The summed E-state index contributed by atoms with van der Waals surface area (Å²) < 4.78 is 0. The molecule has 90 valence electrons. The maximum atomic E-state index is 10.3. The van der Waals surface area contributed by atoms with E-state index in [1.807, 2.05) is 0 Å². The lowest BCUT2D eigenvalue weighted by Gasteiger charge is -2.28. The molecule has 0 radical (unpaired) electrons. The highest BCUT2D eigenvalue weighted by atomic mass is 16.3. The smallest absolute Gasteiger partial charge is 0.0771 e. The molecule has 1 aliphatic rings. The van der Waals surface area contributed by atoms with E-state index in [2.05, 4.69) is 5.32 Å². The van der Waals surface area contributed by atoms with Gasteiger partial charge in [-0.25, -0.2) is 0 Å². The summed E-state index contributed by atoms with van der Waals surface area (Å²) in [5.74, 6) is 0. The zero-order chi connectivity index (χ0) is 11.4. The van der Waals surface area contributed by atoms with E-state index >= 15 is 0 Å². The van der Waals surface area contributed by atoms with Crippen LogP contribution >= 0.6 is 0 Å². The lowest BCUT2D eigenvalue weighted by molar-refractivity contribution is 0.0159. The second-order valence-electron chi connectivity index (χ2n) is 5.55. The Morgan fingerprint density at radius 1 is 1.13 bits per heavy atom. The third-order valence-corrected chi connectivity index (χ3v) is 3.05. The Labute approximate surface area is 92.9 Å². The normalized spacial score (nSPS) is 22.4. The van der Waals surface area contributed by atoms with Gasteiger partial charge in [0.25, 0.3) is 0 Å². The molecule has 0 amide bonds. The quantitative estimate of drug-likeness (QED) is 0.622. The summed E-state index contributed by atoms with van der Waals surface area (Å²) in [6.45, 7) is 4.70. The molecule has 1 aliphatic carbocycles. The van der Waals surface area contributed by atoms with Crippen LogP contribution in [0, 0.1) is 0 Å². The van der Waals surface area contributed by atoms with Gasteiger partial charge in [-0.05, 0) is 26.7 Å². The van der Waals surface area contributed by atoms with Crippen molar-refractivity contribution in [2.75, 3.05) is 13.1 Å². The standard InChI is InChI=1S/C12H25NO2/c1-11(2,14)9-13-10-12(15)7-5-3-4-6-8-12/h13-15H,3-10H2,1-2H3. The fourth-order valence-electron chi connectivity index (χ4n) is 2.16. The summed E-state index contributed by atoms with van der Waals surface area (Å²) >= 11 is 0. The minimum atomic E-state index is -0.693. The van der Waals surface area contributed by atoms with E-state index in [9.17, 15) is 10.2 Å². The molecule has 0 aromatic carbocycles. The lowest BCUT2D eigenvalue weighted by Crippen LogP contribution is -2.45. The molecule has 0 saturated heterocycles. The molecular weight excluding hydrogens is 190 g/mol. The van der Waals surface area contributed by atoms with Crippen molar-refractivity contribution < 1.29 is 10.2 Å². The van der Waals surface area contributed by atoms with Crippen LogP contribution in [0.15, 0.2) is 0 Å². The van der Waals surface area contributed by atoms with Crippen molar-refractivity contribution >= 4 is 0 Å². The molecule has 1 rings (SSSR count). The van der Waals surface area contributed by atoms with Crippen molar-refractivity contribution in [1.82, 2.24) is 5.32 Å². The average Bonchev–Trinajstić information content (AvgIpc) is 2.28. The van der Waals surface area contributed by atoms with Gasteiger partial charge in [0.1, 0.15) is 0 Å². The molecule has 0 heterocycles. The van der Waals surface area contributed by atoms with Crippen LogP contribution in [0.4, 0.5) is 0 Å². The second-order valence-corrected chi connectivity index (χ2v) is 5.55. The van der Waals surface area contributed by atoms with E-state index in [-0.39, 0.29) is 0 Å². The molecule has 0 bridgehead atoms. The molecule has 3 N–H and O–H groups in total. The van der Waals surface area contributed by atoms with Gasteiger partial charge < -0.3 is 15.5 Å². The molecule has 0 spiro atoms. The predicted octanol–water partition coefficient (Wildman–Crippen LogP) is 1.43. The first kappa shape index (κ1) is 12.9. The van der Waals surface area contributed by atoms with Crippen LogP contribution in [-0.4, -0.2) is 34.5 Å². The number of hydrogen-bond donors (Lipinski definition) is 3. The Hall–Kier alpha value is -0.120. The summed E-state index contributed by atoms with van der Waals surface area (Å²) in [6, 6.07) is 0. The topological polar surface area (TPSA) is 52.5 Å². The first-order chi connectivity index (χ1) is 6.91. The Morgan fingerprint density at radius 2 is 1.67 bits per heavy atom. The van der Waals surface area contributed by atoms with Gasteiger partial charge >= 0.3 is 0 Å². The average molecular weight is 215 g/mol. The monoisotopic (exact) mass is 215 g/mol. The second kappa shape index (κ2) is 5.28. The van der Waals surface area contributed by atoms with Crippen LogP contribution in [0.3, 0.4) is 0 Å². The third kappa shape index (κ3) is 5.50. The molecule has 0 aromatic heterocycles. The summed E-state index contributed by atoms with van der Waals surface area (Å²) in [5.41, 5.74) is -1.23. The molecule has 1 fully saturated rings. The van der Waals surface area contributed by atoms with Gasteiger partial charge in [-0.1, -0.05) is 25.7 Å². The molecule has 0 unspecified atom stereocenters. The van der Waals surface area contributed by atoms with Crippen molar-refractivity contribution in [2.24, 2.45) is 0 Å². The van der Waals surface area contributed by atoms with E-state index in [0.717, 1.165) is 25.7 Å². The zero-order valence-corrected chi connectivity index (χ0v) is 10.1. The molecule has 1 saturated carbocycles. The van der Waals surface area contributed by atoms with Gasteiger partial charge in [0.2, 0.25) is 0 Å². The summed E-state index contributed by atoms with van der Waals surface area (Å²) in [7, 11) is 0. The van der Waals surface area contributed by atoms with Crippen molar-refractivity contribution in [2.45, 2.75) is 63.6 Å². The highest BCUT2D eigenvalue weighted by molar-refractivity contribution is 4.84. The Bertz CT molecular complexity index is 179. The largest absolute Gasteiger partial charge is 0.389 e. The fraction of sp³-hybridized carbons (Fsp3) is 1.00. The summed E-state index contributed by atoms with van der Waals surface area (Å²) in [4.78, 5) is 0. The summed E-state index contributed by atoms with van der Waals surface area (Å²) in [5, 5.41) is 23.0. The molecule has 0 aliphatic heterocycles. The number of nitrogens with one attached hydrogen (secondary N) is 1. The van der Waals surface area contributed by atoms with Gasteiger partial charge in [0.15, 0.2) is 0 Å². The maximum Gasteiger partial charge on any atom is 0.0771 e. The Kier molecular flexibility index (Phi) is 4.56. The zero-order valence-electron chi connectivity index (χ0n) is 10.1. The van der Waals surface area contributed by atoms with Gasteiger partial charge in [0, 0.05) is 13.1 Å². The van der Waals surface area contributed by atoms with Gasteiger partial charge in [-0.3, -0.25) is 0 Å². The molecule has 3 nitrogen and oxygen atoms in total. The molecular formula is C12H25NO2. The molecule has 3 heteroatoms. The van der Waals surface area contributed by atoms with Crippen LogP contribution in [0.25, 0.3) is 0 Å². The lowest BCUT2D eigenvalue weighted by atomic mass is 9.94. The van der Waals surface area contributed by atoms with E-state index in [0.29, 0.717) is 13.1 Å². The first-order valence-corrected chi connectivity index (χ1v) is 6.07. The molecule has 0 atom stereocenters. The number of hydrogen-bond acceptors (Lipinski definition) is 3. The van der Waals surface area contributed by atoms with Gasteiger partial charge in [-0.15, -0.1) is 0 Å². The van der Waals surface area contributed by atoms with Crippen molar-refractivity contribution in [3.05, 3.63) is 0 Å². The van der Waals surface area contributed by atoms with Gasteiger partial charge in [-0.2, -0.15) is 0 Å². The van der Waals surface area contributed by atoms with Crippen LogP contribution in [-0.2, 0) is 0 Å². The maximum absolute atomic E-state index is 10.3. The highest BCUT2D eigenvalue weighted by Gasteiger charge is 2.27. The van der Waals surface area contributed by atoms with E-state index < -0.39 is 11.2 Å². The van der Waals surface area contributed by atoms with Crippen molar-refractivity contribution in [1.29, 1.82) is 0 Å². The van der Waals surface area contributed by atoms with Crippen molar-refractivity contribution in [3.8, 4) is 0 Å². The number of aliphatic hydroxyl groups is 2. The highest BCUT2D eigenvalue weighted by Crippen LogP contribution is 2.26. The fourth-order valence-corrected chi connectivity index (χ4v) is 2.16. The third-order valence-electron chi connectivity index (χ3n) is 3.05. The molecule has 15 heavy (non-hydrogen) atoms. The van der Waals surface area contributed by atoms with Crippen LogP contribution in [0.5, 0.6) is 0 Å². The Morgan fingerprint density at radius 3 is 2.13 bits per heavy atom. The van der Waals surface area contributed by atoms with E-state index in [4.69, 9.17) is 0 Å².